The average molecular weight is 503 g/mol. The minimum Gasteiger partial charge on any atom is -0.396 e. The molecule has 6 nitrogen and oxygen atoms in total. The quantitative estimate of drug-likeness (QED) is 0.126. The van der Waals surface area contributed by atoms with Crippen molar-refractivity contribution in [2.24, 2.45) is 17.3 Å². The van der Waals surface area contributed by atoms with Crippen LogP contribution in [0.3, 0.4) is 0 Å². The van der Waals surface area contributed by atoms with Crippen molar-refractivity contribution in [3.8, 4) is 0 Å². The van der Waals surface area contributed by atoms with Crippen LogP contribution in [0.5, 0.6) is 0 Å². The summed E-state index contributed by atoms with van der Waals surface area (Å²) in [4.78, 5) is 11.7. The van der Waals surface area contributed by atoms with Gasteiger partial charge in [-0.2, -0.15) is 0 Å². The van der Waals surface area contributed by atoms with Crippen molar-refractivity contribution in [1.82, 2.24) is 0 Å². The summed E-state index contributed by atoms with van der Waals surface area (Å²) in [7, 11) is 0. The van der Waals surface area contributed by atoms with Gasteiger partial charge in [0.15, 0.2) is 0 Å². The number of carbonyl (C=O) groups is 1. The van der Waals surface area contributed by atoms with E-state index in [2.05, 4.69) is 6.58 Å². The van der Waals surface area contributed by atoms with Crippen LogP contribution in [-0.4, -0.2) is 62.8 Å². The van der Waals surface area contributed by atoms with Crippen LogP contribution in [0.2, 0.25) is 0 Å². The Morgan fingerprint density at radius 2 is 1.92 bits per heavy atom. The molecule has 0 aromatic heterocycles. The number of aliphatic hydroxyl groups excluding tert-OH is 4. The van der Waals surface area contributed by atoms with Gasteiger partial charge >= 0.3 is 0 Å². The third-order valence-corrected chi connectivity index (χ3v) is 8.50. The number of rotatable bonds is 11. The Hall–Kier alpha value is -1.83. The standard InChI is InChI=1S/C30H46O6/c1-20(2)11-12-27(34)21(3)8-6-9-23(19-33)25-14-16-30(28(25)35)26(10-7-17-31)24(22(4)18-32)13-15-29(30,5)36/h6,8-9,11,18,25-28,31,33-36H,3,7,10,12-17,19H2,1-2,4-5H3/b8-6+,23-9-,24-22+/t25-,26-,27-,28-,29-,30-/m1/s1. The molecule has 1 spiro atoms. The van der Waals surface area contributed by atoms with Crippen LogP contribution < -0.4 is 0 Å². The second-order valence-electron chi connectivity index (χ2n) is 11.0. The van der Waals surface area contributed by atoms with E-state index >= 15 is 0 Å². The summed E-state index contributed by atoms with van der Waals surface area (Å²) in [5.74, 6) is -0.596. The van der Waals surface area contributed by atoms with Crippen molar-refractivity contribution in [2.75, 3.05) is 13.2 Å². The molecule has 0 bridgehead atoms. The summed E-state index contributed by atoms with van der Waals surface area (Å²) in [5.41, 5.74) is 1.88. The zero-order chi connectivity index (χ0) is 27.1. The lowest BCUT2D eigenvalue weighted by atomic mass is 9.52. The maximum atomic E-state index is 11.8. The maximum Gasteiger partial charge on any atom is 0.145 e. The molecule has 0 radical (unpaired) electrons. The summed E-state index contributed by atoms with van der Waals surface area (Å²) < 4.78 is 0. The first kappa shape index (κ1) is 30.4. The molecule has 6 heteroatoms. The minimum atomic E-state index is -1.16. The van der Waals surface area contributed by atoms with Crippen LogP contribution in [0, 0.1) is 17.3 Å². The third-order valence-electron chi connectivity index (χ3n) is 8.50. The summed E-state index contributed by atoms with van der Waals surface area (Å²) in [5, 5.41) is 53.4. The van der Waals surface area contributed by atoms with Crippen LogP contribution in [0.4, 0.5) is 0 Å². The molecule has 0 aromatic rings. The second kappa shape index (κ2) is 13.1. The van der Waals surface area contributed by atoms with Gasteiger partial charge in [0.2, 0.25) is 0 Å². The molecule has 0 aliphatic heterocycles. The van der Waals surface area contributed by atoms with E-state index in [-0.39, 0.29) is 25.0 Å². The van der Waals surface area contributed by atoms with Crippen LogP contribution in [-0.2, 0) is 4.79 Å². The summed E-state index contributed by atoms with van der Waals surface area (Å²) in [6.45, 7) is 11.2. The molecule has 2 aliphatic rings. The van der Waals surface area contributed by atoms with Gasteiger partial charge in [-0.05, 0) is 95.3 Å². The zero-order valence-corrected chi connectivity index (χ0v) is 22.4. The van der Waals surface area contributed by atoms with E-state index in [1.807, 2.05) is 19.9 Å². The largest absolute Gasteiger partial charge is 0.396 e. The Labute approximate surface area is 216 Å². The van der Waals surface area contributed by atoms with Gasteiger partial charge in [-0.1, -0.05) is 42.0 Å². The smallest absolute Gasteiger partial charge is 0.145 e. The highest BCUT2D eigenvalue weighted by atomic mass is 16.3. The number of carbonyl (C=O) groups excluding carboxylic acids is 1. The van der Waals surface area contributed by atoms with Crippen molar-refractivity contribution in [3.05, 3.63) is 58.7 Å². The number of aliphatic hydroxyl groups is 5. The van der Waals surface area contributed by atoms with Gasteiger partial charge < -0.3 is 25.5 Å². The molecular weight excluding hydrogens is 456 g/mol. The molecule has 5 N–H and O–H groups in total. The van der Waals surface area contributed by atoms with Gasteiger partial charge in [0.25, 0.3) is 0 Å². The fourth-order valence-corrected chi connectivity index (χ4v) is 6.36. The molecule has 0 heterocycles. The molecular formula is C30H46O6. The Balaban J connectivity index is 2.37. The lowest BCUT2D eigenvalue weighted by Crippen LogP contribution is -2.59. The van der Waals surface area contributed by atoms with Gasteiger partial charge in [0, 0.05) is 17.9 Å². The maximum absolute atomic E-state index is 11.8. The number of hydrogen-bond acceptors (Lipinski definition) is 6. The SMILES string of the molecule is C=C(/C=C/C=C(/CO)[C@H]1CC[C@@]2([C@H](CCCO)/C(=C(\C)C=O)CC[C@@]2(C)O)[C@@H]1O)[C@H](O)CC=C(C)C. The van der Waals surface area contributed by atoms with Gasteiger partial charge in [-0.3, -0.25) is 4.79 Å². The Kier molecular flexibility index (Phi) is 11.1. The van der Waals surface area contributed by atoms with Crippen molar-refractivity contribution in [2.45, 2.75) is 90.4 Å². The first-order chi connectivity index (χ1) is 17.0. The summed E-state index contributed by atoms with van der Waals surface area (Å²) >= 11 is 0. The lowest BCUT2D eigenvalue weighted by molar-refractivity contribution is -0.167. The van der Waals surface area contributed by atoms with E-state index in [4.69, 9.17) is 0 Å². The molecule has 2 fully saturated rings. The third kappa shape index (κ3) is 6.35. The first-order valence-electron chi connectivity index (χ1n) is 13.1. The first-order valence-corrected chi connectivity index (χ1v) is 13.1. The topological polar surface area (TPSA) is 118 Å². The average Bonchev–Trinajstić information content (AvgIpc) is 3.18. The van der Waals surface area contributed by atoms with Gasteiger partial charge in [-0.25, -0.2) is 0 Å². The summed E-state index contributed by atoms with van der Waals surface area (Å²) in [6.07, 6.45) is 10.1. The molecule has 2 aliphatic carbocycles. The van der Waals surface area contributed by atoms with E-state index in [1.54, 1.807) is 32.1 Å². The Bertz CT molecular complexity index is 904. The highest BCUT2D eigenvalue weighted by Gasteiger charge is 2.63. The second-order valence-corrected chi connectivity index (χ2v) is 11.0. The van der Waals surface area contributed by atoms with Crippen molar-refractivity contribution in [1.29, 1.82) is 0 Å². The molecule has 0 unspecified atom stereocenters. The molecule has 2 saturated carbocycles. The van der Waals surface area contributed by atoms with E-state index in [0.29, 0.717) is 61.7 Å². The molecule has 0 amide bonds. The Morgan fingerprint density at radius 3 is 2.50 bits per heavy atom. The van der Waals surface area contributed by atoms with Crippen molar-refractivity contribution >= 4 is 6.29 Å². The lowest BCUT2D eigenvalue weighted by Gasteiger charge is -2.55. The molecule has 6 atom stereocenters. The van der Waals surface area contributed by atoms with Crippen molar-refractivity contribution < 1.29 is 30.3 Å². The molecule has 2 rings (SSSR count). The van der Waals surface area contributed by atoms with Crippen LogP contribution >= 0.6 is 0 Å². The normalized spacial score (nSPS) is 33.1. The number of aldehydes is 1. The highest BCUT2D eigenvalue weighted by Crippen LogP contribution is 2.62. The fourth-order valence-electron chi connectivity index (χ4n) is 6.36. The van der Waals surface area contributed by atoms with Gasteiger partial charge in [-0.15, -0.1) is 0 Å². The van der Waals surface area contributed by atoms with E-state index in [9.17, 15) is 30.3 Å². The van der Waals surface area contributed by atoms with E-state index in [0.717, 1.165) is 17.4 Å². The zero-order valence-electron chi connectivity index (χ0n) is 22.4. The fraction of sp³-hybridized carbons (Fsp3) is 0.633. The molecule has 202 valence electrons. The van der Waals surface area contributed by atoms with Gasteiger partial charge in [0.1, 0.15) is 6.29 Å². The molecule has 0 aromatic carbocycles. The van der Waals surface area contributed by atoms with E-state index in [1.165, 1.54) is 0 Å². The number of allylic oxidation sites excluding steroid dienone is 5. The predicted molar refractivity (Wildman–Crippen MR) is 143 cm³/mol. The minimum absolute atomic E-state index is 0.00238. The van der Waals surface area contributed by atoms with Crippen molar-refractivity contribution in [3.63, 3.8) is 0 Å². The van der Waals surface area contributed by atoms with Gasteiger partial charge in [0.05, 0.1) is 24.4 Å². The van der Waals surface area contributed by atoms with Crippen LogP contribution in [0.25, 0.3) is 0 Å². The number of hydrogen-bond donors (Lipinski definition) is 5. The monoisotopic (exact) mass is 502 g/mol. The van der Waals surface area contributed by atoms with Crippen LogP contribution in [0.1, 0.15) is 72.6 Å². The van der Waals surface area contributed by atoms with E-state index < -0.39 is 23.2 Å². The summed E-state index contributed by atoms with van der Waals surface area (Å²) in [6, 6.07) is 0. The highest BCUT2D eigenvalue weighted by molar-refractivity contribution is 5.74. The Morgan fingerprint density at radius 1 is 1.22 bits per heavy atom. The van der Waals surface area contributed by atoms with Crippen LogP contribution in [0.15, 0.2) is 58.7 Å². The molecule has 36 heavy (non-hydrogen) atoms. The molecule has 0 saturated heterocycles. The predicted octanol–water partition coefficient (Wildman–Crippen LogP) is 3.94.